The molecule has 2 aromatic rings. The van der Waals surface area contributed by atoms with Gasteiger partial charge in [-0.1, -0.05) is 0 Å². The minimum absolute atomic E-state index is 0. The maximum atomic E-state index is 12.9. The number of hydrogen-bond acceptors (Lipinski definition) is 5. The van der Waals surface area contributed by atoms with Crippen LogP contribution in [0.25, 0.3) is 0 Å². The Bertz CT molecular complexity index is 704. The third-order valence-corrected chi connectivity index (χ3v) is 4.31. The van der Waals surface area contributed by atoms with E-state index in [0.29, 0.717) is 17.9 Å². The van der Waals surface area contributed by atoms with Crippen LogP contribution in [0.5, 0.6) is 0 Å². The van der Waals surface area contributed by atoms with E-state index < -0.39 is 5.82 Å². The molecule has 0 N–H and O–H groups in total. The van der Waals surface area contributed by atoms with Gasteiger partial charge in [0.15, 0.2) is 11.6 Å². The minimum atomic E-state index is -0.437. The van der Waals surface area contributed by atoms with Gasteiger partial charge in [0.25, 0.3) is 0 Å². The van der Waals surface area contributed by atoms with Gasteiger partial charge in [-0.05, 0) is 37.2 Å². The van der Waals surface area contributed by atoms with Crippen molar-refractivity contribution in [1.29, 1.82) is 0 Å². The summed E-state index contributed by atoms with van der Waals surface area (Å²) in [5.41, 5.74) is 0.555. The molecular formula is C18H21ClF2N4O. The molecule has 3 rings (SSSR count). The van der Waals surface area contributed by atoms with Crippen molar-refractivity contribution in [2.75, 3.05) is 37.6 Å². The van der Waals surface area contributed by atoms with Crippen LogP contribution < -0.4 is 4.90 Å². The molecule has 140 valence electrons. The zero-order chi connectivity index (χ0) is 17.6. The second-order valence-corrected chi connectivity index (χ2v) is 6.06. The first-order valence-electron chi connectivity index (χ1n) is 8.35. The molecule has 0 saturated carbocycles. The minimum Gasteiger partial charge on any atom is -0.338 e. The quantitative estimate of drug-likeness (QED) is 0.719. The Balaban J connectivity index is 0.00000243. The summed E-state index contributed by atoms with van der Waals surface area (Å²) in [4.78, 5) is 24.4. The van der Waals surface area contributed by atoms with Gasteiger partial charge >= 0.3 is 0 Å². The van der Waals surface area contributed by atoms with Gasteiger partial charge in [0.1, 0.15) is 5.82 Å². The zero-order valence-corrected chi connectivity index (χ0v) is 15.1. The summed E-state index contributed by atoms with van der Waals surface area (Å²) in [7, 11) is 0. The lowest BCUT2D eigenvalue weighted by Crippen LogP contribution is -2.47. The van der Waals surface area contributed by atoms with Gasteiger partial charge < -0.3 is 4.90 Å². The first-order chi connectivity index (χ1) is 12.1. The lowest BCUT2D eigenvalue weighted by molar-refractivity contribution is 0.0974. The lowest BCUT2D eigenvalue weighted by Gasteiger charge is -2.34. The van der Waals surface area contributed by atoms with E-state index in [-0.39, 0.29) is 24.0 Å². The number of benzene rings is 1. The van der Waals surface area contributed by atoms with Crippen LogP contribution in [0.4, 0.5) is 14.7 Å². The van der Waals surface area contributed by atoms with Gasteiger partial charge in [-0.3, -0.25) is 9.69 Å². The molecule has 1 saturated heterocycles. The van der Waals surface area contributed by atoms with E-state index in [1.54, 1.807) is 0 Å². The standard InChI is InChI=1S/C18H20F2N4O.ClH/c19-15-5-3-14(4-6-15)17(25)2-1-7-23-8-10-24(11-9-23)18-21-12-16(20)13-22-18;/h3-6,12-13H,1-2,7-11H2;1H. The number of nitrogens with zero attached hydrogens (tertiary/aromatic N) is 4. The predicted octanol–water partition coefficient (Wildman–Crippen LogP) is 2.96. The average molecular weight is 383 g/mol. The van der Waals surface area contributed by atoms with E-state index in [4.69, 9.17) is 0 Å². The molecule has 8 heteroatoms. The molecule has 1 aromatic heterocycles. The van der Waals surface area contributed by atoms with Crippen molar-refractivity contribution >= 4 is 24.1 Å². The van der Waals surface area contributed by atoms with E-state index in [2.05, 4.69) is 14.9 Å². The molecule has 2 heterocycles. The van der Waals surface area contributed by atoms with Crippen molar-refractivity contribution in [1.82, 2.24) is 14.9 Å². The van der Waals surface area contributed by atoms with Crippen LogP contribution in [0.2, 0.25) is 0 Å². The Morgan fingerprint density at radius 3 is 2.19 bits per heavy atom. The summed E-state index contributed by atoms with van der Waals surface area (Å²) in [5, 5.41) is 0. The lowest BCUT2D eigenvalue weighted by atomic mass is 10.1. The normalized spacial score (nSPS) is 14.8. The van der Waals surface area contributed by atoms with E-state index in [1.807, 2.05) is 4.90 Å². The molecule has 0 atom stereocenters. The number of carbonyl (C=O) groups excluding carboxylic acids is 1. The number of anilines is 1. The fourth-order valence-corrected chi connectivity index (χ4v) is 2.88. The average Bonchev–Trinajstić information content (AvgIpc) is 2.63. The highest BCUT2D eigenvalue weighted by Gasteiger charge is 2.19. The highest BCUT2D eigenvalue weighted by atomic mass is 35.5. The second kappa shape index (κ2) is 9.54. The van der Waals surface area contributed by atoms with E-state index >= 15 is 0 Å². The van der Waals surface area contributed by atoms with Crippen molar-refractivity contribution in [2.45, 2.75) is 12.8 Å². The summed E-state index contributed by atoms with van der Waals surface area (Å²) in [6.45, 7) is 4.09. The summed E-state index contributed by atoms with van der Waals surface area (Å²) in [5.74, 6) is -0.182. The van der Waals surface area contributed by atoms with Crippen LogP contribution in [0.1, 0.15) is 23.2 Å². The topological polar surface area (TPSA) is 49.3 Å². The molecule has 0 aliphatic carbocycles. The number of carbonyl (C=O) groups is 1. The van der Waals surface area contributed by atoms with Gasteiger partial charge in [0, 0.05) is 38.2 Å². The van der Waals surface area contributed by atoms with Crippen LogP contribution in [0.3, 0.4) is 0 Å². The fraction of sp³-hybridized carbons (Fsp3) is 0.389. The smallest absolute Gasteiger partial charge is 0.225 e. The maximum Gasteiger partial charge on any atom is 0.225 e. The Labute approximate surface area is 157 Å². The monoisotopic (exact) mass is 382 g/mol. The molecule has 0 amide bonds. The molecule has 5 nitrogen and oxygen atoms in total. The maximum absolute atomic E-state index is 12.9. The van der Waals surface area contributed by atoms with Gasteiger partial charge in [0.2, 0.25) is 5.95 Å². The molecular weight excluding hydrogens is 362 g/mol. The van der Waals surface area contributed by atoms with Crippen LogP contribution in [-0.2, 0) is 0 Å². The van der Waals surface area contributed by atoms with Crippen molar-refractivity contribution in [3.05, 3.63) is 53.9 Å². The Morgan fingerprint density at radius 1 is 0.962 bits per heavy atom. The molecule has 1 aliphatic heterocycles. The van der Waals surface area contributed by atoms with Gasteiger partial charge in [-0.15, -0.1) is 12.4 Å². The molecule has 0 radical (unpaired) electrons. The zero-order valence-electron chi connectivity index (χ0n) is 14.3. The summed E-state index contributed by atoms with van der Waals surface area (Å²) in [6, 6.07) is 5.67. The highest BCUT2D eigenvalue weighted by Crippen LogP contribution is 2.12. The fourth-order valence-electron chi connectivity index (χ4n) is 2.88. The third-order valence-electron chi connectivity index (χ3n) is 4.31. The van der Waals surface area contributed by atoms with E-state index in [1.165, 1.54) is 36.7 Å². The Hall–Kier alpha value is -2.12. The van der Waals surface area contributed by atoms with E-state index in [9.17, 15) is 13.6 Å². The van der Waals surface area contributed by atoms with Gasteiger partial charge in [0.05, 0.1) is 12.4 Å². The molecule has 1 aliphatic rings. The number of aromatic nitrogens is 2. The summed E-state index contributed by atoms with van der Waals surface area (Å²) >= 11 is 0. The third kappa shape index (κ3) is 5.44. The number of Topliss-reactive ketones (excluding diaryl/α,β-unsaturated/α-hetero) is 1. The molecule has 1 aromatic carbocycles. The van der Waals surface area contributed by atoms with Crippen molar-refractivity contribution in [3.63, 3.8) is 0 Å². The number of hydrogen-bond donors (Lipinski definition) is 0. The van der Waals surface area contributed by atoms with Gasteiger partial charge in [-0.25, -0.2) is 18.7 Å². The Morgan fingerprint density at radius 2 is 1.58 bits per heavy atom. The van der Waals surface area contributed by atoms with Crippen molar-refractivity contribution in [2.24, 2.45) is 0 Å². The molecule has 0 unspecified atom stereocenters. The molecule has 1 fully saturated rings. The largest absolute Gasteiger partial charge is 0.338 e. The summed E-state index contributed by atoms with van der Waals surface area (Å²) < 4.78 is 25.7. The van der Waals surface area contributed by atoms with Crippen LogP contribution in [0.15, 0.2) is 36.7 Å². The molecule has 26 heavy (non-hydrogen) atoms. The molecule has 0 spiro atoms. The number of piperazine rings is 1. The number of ketones is 1. The van der Waals surface area contributed by atoms with Crippen LogP contribution in [-0.4, -0.2) is 53.4 Å². The molecule has 0 bridgehead atoms. The number of rotatable bonds is 6. The van der Waals surface area contributed by atoms with Crippen molar-refractivity contribution < 1.29 is 13.6 Å². The Kier molecular flexibility index (Phi) is 7.41. The van der Waals surface area contributed by atoms with E-state index in [0.717, 1.165) is 39.1 Å². The van der Waals surface area contributed by atoms with Gasteiger partial charge in [-0.2, -0.15) is 0 Å². The van der Waals surface area contributed by atoms with Crippen LogP contribution >= 0.6 is 12.4 Å². The summed E-state index contributed by atoms with van der Waals surface area (Å²) in [6.07, 6.45) is 3.57. The second-order valence-electron chi connectivity index (χ2n) is 6.06. The highest BCUT2D eigenvalue weighted by molar-refractivity contribution is 5.95. The predicted molar refractivity (Wildman–Crippen MR) is 97.9 cm³/mol. The first kappa shape index (κ1) is 20.2. The van der Waals surface area contributed by atoms with Crippen molar-refractivity contribution in [3.8, 4) is 0 Å². The van der Waals surface area contributed by atoms with Crippen LogP contribution in [0, 0.1) is 11.6 Å². The SMILES string of the molecule is Cl.O=C(CCCN1CCN(c2ncc(F)cn2)CC1)c1ccc(F)cc1. The number of halogens is 3. The first-order valence-corrected chi connectivity index (χ1v) is 8.35.